The Bertz CT molecular complexity index is 856. The molecule has 2 aliphatic rings. The fraction of sp³-hybridized carbons (Fsp3) is 0.316. The van der Waals surface area contributed by atoms with Gasteiger partial charge < -0.3 is 20.1 Å². The van der Waals surface area contributed by atoms with Crippen LogP contribution in [-0.2, 0) is 13.0 Å². The largest absolute Gasteiger partial charge is 0.451 e. The lowest BCUT2D eigenvalue weighted by molar-refractivity contribution is 0.0467. The molecule has 2 aromatic carbocycles. The van der Waals surface area contributed by atoms with Gasteiger partial charge in [-0.2, -0.15) is 0 Å². The Morgan fingerprint density at radius 3 is 2.88 bits per heavy atom. The van der Waals surface area contributed by atoms with E-state index in [-0.39, 0.29) is 6.29 Å². The second-order valence-electron chi connectivity index (χ2n) is 6.28. The predicted octanol–water partition coefficient (Wildman–Crippen LogP) is 4.12. The standard InChI is InChI=1S/C19H19ClN2O2S/c1-2-16-23-15-9-11-7-8-22(19(21)25)10-13(11)17(18(15)24-16)12-5-3-4-6-14(12)20/h3-6,9,16H,2,7-8,10H2,1H3,(H2,21,25). The molecule has 2 aromatic rings. The summed E-state index contributed by atoms with van der Waals surface area (Å²) in [5.41, 5.74) is 10.2. The van der Waals surface area contributed by atoms with Crippen LogP contribution in [0.15, 0.2) is 30.3 Å². The van der Waals surface area contributed by atoms with Gasteiger partial charge in [-0.15, -0.1) is 0 Å². The van der Waals surface area contributed by atoms with Crippen LogP contribution in [0.25, 0.3) is 11.1 Å². The minimum atomic E-state index is -0.258. The summed E-state index contributed by atoms with van der Waals surface area (Å²) < 4.78 is 12.1. The summed E-state index contributed by atoms with van der Waals surface area (Å²) in [4.78, 5) is 2.01. The third kappa shape index (κ3) is 2.81. The quantitative estimate of drug-likeness (QED) is 0.801. The molecular formula is C19H19ClN2O2S. The first-order chi connectivity index (χ1) is 12.1. The summed E-state index contributed by atoms with van der Waals surface area (Å²) in [7, 11) is 0. The molecule has 0 bridgehead atoms. The Labute approximate surface area is 157 Å². The van der Waals surface area contributed by atoms with Crippen LogP contribution in [0, 0.1) is 0 Å². The van der Waals surface area contributed by atoms with Crippen molar-refractivity contribution in [1.82, 2.24) is 4.90 Å². The molecule has 0 aromatic heterocycles. The molecule has 0 aliphatic carbocycles. The number of nitrogens with two attached hydrogens (primary N) is 1. The summed E-state index contributed by atoms with van der Waals surface area (Å²) in [6.45, 7) is 3.50. The summed E-state index contributed by atoms with van der Waals surface area (Å²) in [6, 6.07) is 9.91. The first-order valence-corrected chi connectivity index (χ1v) is 9.18. The second-order valence-corrected chi connectivity index (χ2v) is 7.11. The lowest BCUT2D eigenvalue weighted by atomic mass is 9.90. The minimum Gasteiger partial charge on any atom is -0.451 e. The molecule has 1 atom stereocenters. The smallest absolute Gasteiger partial charge is 0.241 e. The zero-order valence-electron chi connectivity index (χ0n) is 13.9. The van der Waals surface area contributed by atoms with Crippen LogP contribution in [-0.4, -0.2) is 22.8 Å². The molecule has 1 unspecified atom stereocenters. The number of ether oxygens (including phenoxy) is 2. The zero-order chi connectivity index (χ0) is 17.6. The average Bonchev–Trinajstić information content (AvgIpc) is 3.02. The van der Waals surface area contributed by atoms with E-state index in [1.165, 1.54) is 5.56 Å². The molecule has 4 rings (SSSR count). The molecule has 130 valence electrons. The molecule has 4 nitrogen and oxygen atoms in total. The topological polar surface area (TPSA) is 47.7 Å². The summed E-state index contributed by atoms with van der Waals surface area (Å²) >= 11 is 11.7. The summed E-state index contributed by atoms with van der Waals surface area (Å²) in [6.07, 6.45) is 1.38. The first-order valence-electron chi connectivity index (χ1n) is 8.39. The average molecular weight is 375 g/mol. The van der Waals surface area contributed by atoms with E-state index >= 15 is 0 Å². The van der Waals surface area contributed by atoms with Crippen molar-refractivity contribution in [2.24, 2.45) is 5.73 Å². The first kappa shape index (κ1) is 16.5. The number of hydrogen-bond donors (Lipinski definition) is 1. The number of nitrogens with zero attached hydrogens (tertiary/aromatic N) is 1. The van der Waals surface area contributed by atoms with E-state index in [0.717, 1.165) is 47.6 Å². The van der Waals surface area contributed by atoms with E-state index in [2.05, 4.69) is 6.07 Å². The van der Waals surface area contributed by atoms with Crippen LogP contribution in [0.1, 0.15) is 24.5 Å². The van der Waals surface area contributed by atoms with Crippen LogP contribution < -0.4 is 15.2 Å². The fourth-order valence-electron chi connectivity index (χ4n) is 3.47. The number of rotatable bonds is 2. The molecular weight excluding hydrogens is 356 g/mol. The number of thiocarbonyl (C=S) groups is 1. The van der Waals surface area contributed by atoms with Gasteiger partial charge in [0.05, 0.1) is 0 Å². The number of hydrogen-bond acceptors (Lipinski definition) is 3. The molecule has 0 saturated heterocycles. The van der Waals surface area contributed by atoms with E-state index < -0.39 is 0 Å². The van der Waals surface area contributed by atoms with Gasteiger partial charge in [0.1, 0.15) is 0 Å². The van der Waals surface area contributed by atoms with E-state index in [1.807, 2.05) is 36.1 Å². The van der Waals surface area contributed by atoms with Crippen LogP contribution in [0.2, 0.25) is 5.02 Å². The Morgan fingerprint density at radius 2 is 2.16 bits per heavy atom. The van der Waals surface area contributed by atoms with Crippen LogP contribution in [0.3, 0.4) is 0 Å². The Kier molecular flexibility index (Phi) is 4.21. The van der Waals surface area contributed by atoms with Crippen LogP contribution >= 0.6 is 23.8 Å². The van der Waals surface area contributed by atoms with Crippen molar-refractivity contribution in [3.05, 3.63) is 46.5 Å². The minimum absolute atomic E-state index is 0.258. The summed E-state index contributed by atoms with van der Waals surface area (Å²) in [5.74, 6) is 1.56. The van der Waals surface area contributed by atoms with Gasteiger partial charge in [-0.25, -0.2) is 0 Å². The van der Waals surface area contributed by atoms with Gasteiger partial charge in [-0.05, 0) is 41.9 Å². The lowest BCUT2D eigenvalue weighted by Gasteiger charge is -2.31. The van der Waals surface area contributed by atoms with Gasteiger partial charge in [0.15, 0.2) is 16.6 Å². The normalized spacial score (nSPS) is 18.2. The highest BCUT2D eigenvalue weighted by molar-refractivity contribution is 7.80. The maximum Gasteiger partial charge on any atom is 0.241 e. The zero-order valence-corrected chi connectivity index (χ0v) is 15.5. The Hall–Kier alpha value is -1.98. The maximum atomic E-state index is 6.51. The van der Waals surface area contributed by atoms with Crippen LogP contribution in [0.5, 0.6) is 11.5 Å². The number of benzene rings is 2. The van der Waals surface area contributed by atoms with Gasteiger partial charge >= 0.3 is 0 Å². The fourth-order valence-corrected chi connectivity index (χ4v) is 3.85. The van der Waals surface area contributed by atoms with Gasteiger partial charge in [0, 0.05) is 35.7 Å². The summed E-state index contributed by atoms with van der Waals surface area (Å²) in [5, 5.41) is 1.11. The molecule has 2 N–H and O–H groups in total. The van der Waals surface area contributed by atoms with E-state index in [0.29, 0.717) is 16.7 Å². The number of fused-ring (bicyclic) bond motifs is 2. The van der Waals surface area contributed by atoms with Crippen LogP contribution in [0.4, 0.5) is 0 Å². The SMILES string of the molecule is CCC1Oc2cc3c(c(-c4ccccc4Cl)c2O1)CN(C(N)=S)CC3. The van der Waals surface area contributed by atoms with E-state index in [9.17, 15) is 0 Å². The van der Waals surface area contributed by atoms with E-state index in [4.69, 9.17) is 39.0 Å². The molecule has 0 amide bonds. The third-order valence-electron chi connectivity index (χ3n) is 4.74. The second kappa shape index (κ2) is 6.39. The van der Waals surface area contributed by atoms with Crippen molar-refractivity contribution in [3.8, 4) is 22.6 Å². The van der Waals surface area contributed by atoms with Crippen molar-refractivity contribution >= 4 is 28.9 Å². The molecule has 2 aliphatic heterocycles. The van der Waals surface area contributed by atoms with Gasteiger partial charge in [-0.3, -0.25) is 0 Å². The predicted molar refractivity (Wildman–Crippen MR) is 103 cm³/mol. The maximum absolute atomic E-state index is 6.51. The monoisotopic (exact) mass is 374 g/mol. The lowest BCUT2D eigenvalue weighted by Crippen LogP contribution is -2.39. The molecule has 6 heteroatoms. The molecule has 2 heterocycles. The third-order valence-corrected chi connectivity index (χ3v) is 5.33. The highest BCUT2D eigenvalue weighted by Crippen LogP contribution is 2.49. The molecule has 0 spiro atoms. The van der Waals surface area contributed by atoms with Gasteiger partial charge in [0.2, 0.25) is 6.29 Å². The number of halogens is 1. The van der Waals surface area contributed by atoms with Crippen molar-refractivity contribution in [1.29, 1.82) is 0 Å². The highest BCUT2D eigenvalue weighted by atomic mass is 35.5. The Balaban J connectivity index is 1.93. The van der Waals surface area contributed by atoms with E-state index in [1.54, 1.807) is 0 Å². The highest BCUT2D eigenvalue weighted by Gasteiger charge is 2.32. The van der Waals surface area contributed by atoms with Crippen molar-refractivity contribution in [3.63, 3.8) is 0 Å². The molecule has 25 heavy (non-hydrogen) atoms. The van der Waals surface area contributed by atoms with Crippen molar-refractivity contribution in [2.45, 2.75) is 32.6 Å². The van der Waals surface area contributed by atoms with Gasteiger partial charge in [-0.1, -0.05) is 36.7 Å². The van der Waals surface area contributed by atoms with Crippen molar-refractivity contribution < 1.29 is 9.47 Å². The molecule has 0 radical (unpaired) electrons. The van der Waals surface area contributed by atoms with Gasteiger partial charge in [0.25, 0.3) is 0 Å². The molecule has 0 saturated carbocycles. The van der Waals surface area contributed by atoms with Crippen molar-refractivity contribution in [2.75, 3.05) is 6.54 Å². The Morgan fingerprint density at radius 1 is 1.36 bits per heavy atom. The molecule has 0 fully saturated rings.